The normalized spacial score (nSPS) is 13.1. The number of carbonyl (C=O) groups excluding carboxylic acids is 1. The van der Waals surface area contributed by atoms with E-state index in [1.54, 1.807) is 12.1 Å². The Morgan fingerprint density at radius 2 is 1.80 bits per heavy atom. The summed E-state index contributed by atoms with van der Waals surface area (Å²) in [5.74, 6) is 0.403. The molecule has 1 aliphatic rings. The number of benzene rings is 2. The summed E-state index contributed by atoms with van der Waals surface area (Å²) in [6.45, 7) is 0.459. The van der Waals surface area contributed by atoms with Crippen LogP contribution < -0.4 is 16.4 Å². The predicted molar refractivity (Wildman–Crippen MR) is 131 cm³/mol. The molecule has 6 nitrogen and oxygen atoms in total. The molecule has 1 aromatic heterocycles. The van der Waals surface area contributed by atoms with Crippen molar-refractivity contribution in [2.45, 2.75) is 32.2 Å². The third-order valence-corrected chi connectivity index (χ3v) is 5.05. The van der Waals surface area contributed by atoms with Crippen molar-refractivity contribution < 1.29 is 9.21 Å². The number of guanidine groups is 1. The summed E-state index contributed by atoms with van der Waals surface area (Å²) in [5.41, 5.74) is 11.6. The van der Waals surface area contributed by atoms with Crippen molar-refractivity contribution in [2.75, 3.05) is 10.6 Å². The van der Waals surface area contributed by atoms with Gasteiger partial charge in [-0.2, -0.15) is 0 Å². The van der Waals surface area contributed by atoms with Crippen LogP contribution in [0.1, 0.15) is 40.1 Å². The topological polar surface area (TPSA) is 92.6 Å². The minimum atomic E-state index is -0.277. The Morgan fingerprint density at radius 1 is 1.00 bits per heavy atom. The lowest BCUT2D eigenvalue weighted by Crippen LogP contribution is -2.24. The Balaban J connectivity index is 0.00000256. The van der Waals surface area contributed by atoms with Gasteiger partial charge in [0.05, 0.1) is 12.8 Å². The fraction of sp³-hybridized carbons (Fsp3) is 0.217. The van der Waals surface area contributed by atoms with E-state index in [9.17, 15) is 4.79 Å². The number of aryl methyl sites for hydroxylation is 1. The first-order valence-electron chi connectivity index (χ1n) is 9.80. The van der Waals surface area contributed by atoms with Gasteiger partial charge in [-0.15, -0.1) is 24.0 Å². The Bertz CT molecular complexity index is 1010. The molecule has 3 aromatic rings. The first kappa shape index (κ1) is 21.9. The van der Waals surface area contributed by atoms with Gasteiger partial charge in [0.1, 0.15) is 0 Å². The van der Waals surface area contributed by atoms with Gasteiger partial charge < -0.3 is 20.8 Å². The van der Waals surface area contributed by atoms with E-state index in [0.717, 1.165) is 24.1 Å². The highest BCUT2D eigenvalue weighted by atomic mass is 127. The molecular formula is C23H25IN4O2. The average molecular weight is 516 g/mol. The van der Waals surface area contributed by atoms with Gasteiger partial charge in [0.2, 0.25) is 0 Å². The maximum absolute atomic E-state index is 12.0. The highest BCUT2D eigenvalue weighted by Crippen LogP contribution is 2.27. The summed E-state index contributed by atoms with van der Waals surface area (Å²) < 4.78 is 5.09. The predicted octanol–water partition coefficient (Wildman–Crippen LogP) is 4.96. The van der Waals surface area contributed by atoms with Crippen LogP contribution in [-0.2, 0) is 19.4 Å². The third-order valence-electron chi connectivity index (χ3n) is 5.05. The molecule has 0 atom stereocenters. The molecule has 156 valence electrons. The summed E-state index contributed by atoms with van der Waals surface area (Å²) in [4.78, 5) is 16.5. The summed E-state index contributed by atoms with van der Waals surface area (Å²) in [6, 6.07) is 17.1. The number of nitrogens with one attached hydrogen (secondary N) is 2. The highest BCUT2D eigenvalue weighted by Gasteiger charge is 2.13. The van der Waals surface area contributed by atoms with Crippen LogP contribution in [-0.4, -0.2) is 11.9 Å². The van der Waals surface area contributed by atoms with E-state index in [-0.39, 0.29) is 35.6 Å². The fourth-order valence-corrected chi connectivity index (χ4v) is 3.55. The highest BCUT2D eigenvalue weighted by molar-refractivity contribution is 14.0. The van der Waals surface area contributed by atoms with Crippen molar-refractivity contribution in [1.29, 1.82) is 0 Å². The quantitative estimate of drug-likeness (QED) is 0.254. The summed E-state index contributed by atoms with van der Waals surface area (Å²) in [7, 11) is 0. The largest absolute Gasteiger partial charge is 0.459 e. The fourth-order valence-electron chi connectivity index (χ4n) is 3.55. The summed E-state index contributed by atoms with van der Waals surface area (Å²) in [5, 5.41) is 6.05. The van der Waals surface area contributed by atoms with Gasteiger partial charge in [0, 0.05) is 11.4 Å². The van der Waals surface area contributed by atoms with E-state index in [4.69, 9.17) is 10.2 Å². The van der Waals surface area contributed by atoms with E-state index in [1.807, 2.05) is 24.3 Å². The molecular weight excluding hydrogens is 491 g/mol. The molecule has 4 rings (SSSR count). The second-order valence-corrected chi connectivity index (χ2v) is 7.11. The zero-order chi connectivity index (χ0) is 20.1. The number of hydrogen-bond acceptors (Lipinski definition) is 3. The number of aliphatic imine (C=N–C) groups is 1. The second-order valence-electron chi connectivity index (χ2n) is 7.11. The molecule has 1 heterocycles. The Labute approximate surface area is 193 Å². The minimum absolute atomic E-state index is 0. The van der Waals surface area contributed by atoms with Crippen LogP contribution in [0.3, 0.4) is 0 Å². The molecule has 0 fully saturated rings. The number of fused-ring (bicyclic) bond motifs is 1. The molecule has 1 aliphatic carbocycles. The van der Waals surface area contributed by atoms with E-state index in [1.165, 1.54) is 30.2 Å². The third kappa shape index (κ3) is 5.41. The average Bonchev–Trinajstić information content (AvgIpc) is 3.29. The molecule has 0 aliphatic heterocycles. The van der Waals surface area contributed by atoms with Crippen molar-refractivity contribution in [3.8, 4) is 0 Å². The molecule has 0 saturated heterocycles. The standard InChI is InChI=1S/C23H24N4O2.HI/c24-23(27-20-8-3-6-17-5-1-2-7-19(17)20)25-15-16-10-12-18(13-11-16)26-22(28)21-9-4-14-29-21;/h3-4,6,8-14H,1-2,5,7,15H2,(H,26,28)(H3,24,25,27);1H. The lowest BCUT2D eigenvalue weighted by molar-refractivity contribution is 0.0996. The van der Waals surface area contributed by atoms with Gasteiger partial charge in [-0.1, -0.05) is 24.3 Å². The van der Waals surface area contributed by atoms with Crippen molar-refractivity contribution in [3.05, 3.63) is 83.3 Å². The van der Waals surface area contributed by atoms with Crippen molar-refractivity contribution in [2.24, 2.45) is 10.7 Å². The molecule has 0 bridgehead atoms. The molecule has 0 radical (unpaired) electrons. The first-order chi connectivity index (χ1) is 14.2. The number of hydrogen-bond donors (Lipinski definition) is 3. The summed E-state index contributed by atoms with van der Waals surface area (Å²) in [6.07, 6.45) is 6.14. The molecule has 0 unspecified atom stereocenters. The van der Waals surface area contributed by atoms with Crippen LogP contribution >= 0.6 is 24.0 Å². The van der Waals surface area contributed by atoms with Crippen LogP contribution in [0.25, 0.3) is 0 Å². The number of carbonyl (C=O) groups is 1. The van der Waals surface area contributed by atoms with Gasteiger partial charge >= 0.3 is 0 Å². The Hall–Kier alpha value is -2.81. The number of halogens is 1. The van der Waals surface area contributed by atoms with E-state index < -0.39 is 0 Å². The Kier molecular flexibility index (Phi) is 7.51. The number of rotatable bonds is 5. The van der Waals surface area contributed by atoms with Gasteiger partial charge in [0.25, 0.3) is 5.91 Å². The van der Waals surface area contributed by atoms with E-state index in [2.05, 4.69) is 33.8 Å². The summed E-state index contributed by atoms with van der Waals surface area (Å²) >= 11 is 0. The van der Waals surface area contributed by atoms with Crippen LogP contribution in [0, 0.1) is 0 Å². The smallest absolute Gasteiger partial charge is 0.291 e. The molecule has 1 amide bonds. The number of nitrogens with zero attached hydrogens (tertiary/aromatic N) is 1. The molecule has 2 aromatic carbocycles. The van der Waals surface area contributed by atoms with Gasteiger partial charge in [-0.3, -0.25) is 4.79 Å². The van der Waals surface area contributed by atoms with Crippen molar-refractivity contribution in [1.82, 2.24) is 0 Å². The molecule has 4 N–H and O–H groups in total. The van der Waals surface area contributed by atoms with Crippen LogP contribution in [0.15, 0.2) is 70.3 Å². The molecule has 0 spiro atoms. The maximum atomic E-state index is 12.0. The lowest BCUT2D eigenvalue weighted by atomic mass is 9.90. The molecule has 7 heteroatoms. The van der Waals surface area contributed by atoms with Gasteiger partial charge in [-0.05, 0) is 72.7 Å². The SMILES string of the molecule is I.NC(=NCc1ccc(NC(=O)c2ccco2)cc1)Nc1cccc2c1CCCC2. The minimum Gasteiger partial charge on any atom is -0.459 e. The molecule has 30 heavy (non-hydrogen) atoms. The Morgan fingerprint density at radius 3 is 2.57 bits per heavy atom. The van der Waals surface area contributed by atoms with Gasteiger partial charge in [0.15, 0.2) is 11.7 Å². The van der Waals surface area contributed by atoms with E-state index in [0.29, 0.717) is 18.2 Å². The zero-order valence-corrected chi connectivity index (χ0v) is 18.9. The maximum Gasteiger partial charge on any atom is 0.291 e. The number of furan rings is 1. The van der Waals surface area contributed by atoms with Crippen molar-refractivity contribution >= 4 is 47.2 Å². The monoisotopic (exact) mass is 516 g/mol. The second kappa shape index (κ2) is 10.3. The van der Waals surface area contributed by atoms with Crippen LogP contribution in [0.2, 0.25) is 0 Å². The van der Waals surface area contributed by atoms with Crippen LogP contribution in [0.5, 0.6) is 0 Å². The number of amides is 1. The van der Waals surface area contributed by atoms with Crippen molar-refractivity contribution in [3.63, 3.8) is 0 Å². The lowest BCUT2D eigenvalue weighted by Gasteiger charge is -2.19. The van der Waals surface area contributed by atoms with Crippen LogP contribution in [0.4, 0.5) is 11.4 Å². The first-order valence-corrected chi connectivity index (χ1v) is 9.80. The zero-order valence-electron chi connectivity index (χ0n) is 16.6. The van der Waals surface area contributed by atoms with E-state index >= 15 is 0 Å². The number of anilines is 2. The van der Waals surface area contributed by atoms with Gasteiger partial charge in [-0.25, -0.2) is 4.99 Å². The number of nitrogens with two attached hydrogens (primary N) is 1. The molecule has 0 saturated carbocycles.